The molecule has 1 saturated heterocycles. The number of amides is 1. The first-order chi connectivity index (χ1) is 14.0. The van der Waals surface area contributed by atoms with Crippen LogP contribution in [0.1, 0.15) is 28.7 Å². The van der Waals surface area contributed by atoms with Crippen LogP contribution in [0.5, 0.6) is 5.75 Å². The van der Waals surface area contributed by atoms with Gasteiger partial charge >= 0.3 is 0 Å². The number of carbonyl (C=O) groups excluding carboxylic acids is 1. The smallest absolute Gasteiger partial charge is 0.251 e. The molecular formula is C21H21ClN4O3. The van der Waals surface area contributed by atoms with Gasteiger partial charge in [-0.15, -0.1) is 0 Å². The Morgan fingerprint density at radius 2 is 1.93 bits per heavy atom. The maximum absolute atomic E-state index is 12.5. The first-order valence-electron chi connectivity index (χ1n) is 9.28. The van der Waals surface area contributed by atoms with E-state index in [4.69, 9.17) is 20.9 Å². The monoisotopic (exact) mass is 412 g/mol. The number of likely N-dealkylation sites (N-methyl/N-ethyl adjacent to an activating group) is 1. The second-order valence-corrected chi connectivity index (χ2v) is 7.49. The van der Waals surface area contributed by atoms with Gasteiger partial charge in [0, 0.05) is 28.7 Å². The highest BCUT2D eigenvalue weighted by atomic mass is 35.5. The molecular weight excluding hydrogens is 392 g/mol. The fourth-order valence-corrected chi connectivity index (χ4v) is 3.62. The van der Waals surface area contributed by atoms with E-state index in [1.54, 1.807) is 43.5 Å². The van der Waals surface area contributed by atoms with Crippen molar-refractivity contribution < 1.29 is 14.1 Å². The van der Waals surface area contributed by atoms with E-state index in [2.05, 4.69) is 20.4 Å². The third-order valence-corrected chi connectivity index (χ3v) is 5.32. The van der Waals surface area contributed by atoms with Gasteiger partial charge in [0.2, 0.25) is 11.7 Å². The number of benzene rings is 2. The van der Waals surface area contributed by atoms with Crippen molar-refractivity contribution in [2.75, 3.05) is 20.7 Å². The average molecular weight is 413 g/mol. The van der Waals surface area contributed by atoms with Gasteiger partial charge in [-0.25, -0.2) is 0 Å². The minimum atomic E-state index is -0.112. The van der Waals surface area contributed by atoms with Crippen LogP contribution in [-0.2, 0) is 0 Å². The second kappa shape index (κ2) is 8.23. The summed E-state index contributed by atoms with van der Waals surface area (Å²) in [5, 5.41) is 7.83. The standard InChI is InChI=1S/C21H21ClN4O3/c1-26-12-16(23-20(27)14-5-9-17(28-2)10-6-14)11-18(26)21-24-19(25-29-21)13-3-7-15(22)8-4-13/h3-10,16,18H,11-12H2,1-2H3,(H,23,27). The number of ether oxygens (including phenoxy) is 1. The summed E-state index contributed by atoms with van der Waals surface area (Å²) in [7, 11) is 3.58. The molecule has 3 aromatic rings. The molecule has 1 N–H and O–H groups in total. The molecule has 2 aromatic carbocycles. The van der Waals surface area contributed by atoms with E-state index in [0.717, 1.165) is 11.3 Å². The Labute approximate surface area is 173 Å². The van der Waals surface area contributed by atoms with E-state index >= 15 is 0 Å². The van der Waals surface area contributed by atoms with E-state index in [0.29, 0.717) is 35.3 Å². The zero-order valence-electron chi connectivity index (χ0n) is 16.1. The first-order valence-corrected chi connectivity index (χ1v) is 9.66. The van der Waals surface area contributed by atoms with Crippen molar-refractivity contribution in [3.05, 3.63) is 65.0 Å². The molecule has 1 aliphatic rings. The summed E-state index contributed by atoms with van der Waals surface area (Å²) >= 11 is 5.93. The number of hydrogen-bond donors (Lipinski definition) is 1. The average Bonchev–Trinajstić information content (AvgIpc) is 3.35. The highest BCUT2D eigenvalue weighted by Gasteiger charge is 2.35. The quantitative estimate of drug-likeness (QED) is 0.690. The maximum atomic E-state index is 12.5. The van der Waals surface area contributed by atoms with Gasteiger partial charge in [-0.05, 0) is 62.0 Å². The summed E-state index contributed by atoms with van der Waals surface area (Å²) in [6.45, 7) is 0.700. The van der Waals surface area contributed by atoms with Gasteiger partial charge in [0.1, 0.15) is 5.75 Å². The fourth-order valence-electron chi connectivity index (χ4n) is 3.49. The van der Waals surface area contributed by atoms with Crippen LogP contribution in [0.3, 0.4) is 0 Å². The van der Waals surface area contributed by atoms with Crippen molar-refractivity contribution in [3.63, 3.8) is 0 Å². The van der Waals surface area contributed by atoms with Crippen LogP contribution >= 0.6 is 11.6 Å². The Morgan fingerprint density at radius 1 is 1.21 bits per heavy atom. The van der Waals surface area contributed by atoms with Crippen molar-refractivity contribution >= 4 is 17.5 Å². The first kappa shape index (κ1) is 19.4. The van der Waals surface area contributed by atoms with Crippen molar-refractivity contribution in [3.8, 4) is 17.1 Å². The molecule has 0 saturated carbocycles. The molecule has 4 rings (SSSR count). The van der Waals surface area contributed by atoms with Crippen LogP contribution in [0.2, 0.25) is 5.02 Å². The van der Waals surface area contributed by atoms with Gasteiger partial charge < -0.3 is 14.6 Å². The molecule has 2 atom stereocenters. The van der Waals surface area contributed by atoms with E-state index in [9.17, 15) is 4.79 Å². The highest BCUT2D eigenvalue weighted by molar-refractivity contribution is 6.30. The van der Waals surface area contributed by atoms with Gasteiger partial charge in [0.25, 0.3) is 5.91 Å². The van der Waals surface area contributed by atoms with Gasteiger partial charge in [-0.3, -0.25) is 9.69 Å². The summed E-state index contributed by atoms with van der Waals surface area (Å²) in [6.07, 6.45) is 0.695. The molecule has 8 heteroatoms. The second-order valence-electron chi connectivity index (χ2n) is 7.05. The summed E-state index contributed by atoms with van der Waals surface area (Å²) in [6, 6.07) is 14.3. The number of likely N-dealkylation sites (tertiary alicyclic amines) is 1. The number of nitrogens with zero attached hydrogens (tertiary/aromatic N) is 3. The Kier molecular flexibility index (Phi) is 5.51. The van der Waals surface area contributed by atoms with Crippen LogP contribution in [0.15, 0.2) is 53.1 Å². The lowest BCUT2D eigenvalue weighted by Crippen LogP contribution is -2.36. The van der Waals surface area contributed by atoms with Crippen LogP contribution in [0, 0.1) is 0 Å². The maximum Gasteiger partial charge on any atom is 0.251 e. The third-order valence-electron chi connectivity index (χ3n) is 5.06. The van der Waals surface area contributed by atoms with Crippen molar-refractivity contribution in [1.29, 1.82) is 0 Å². The number of hydrogen-bond acceptors (Lipinski definition) is 6. The Hall–Kier alpha value is -2.90. The van der Waals surface area contributed by atoms with Crippen LogP contribution in [0.25, 0.3) is 11.4 Å². The lowest BCUT2D eigenvalue weighted by molar-refractivity contribution is 0.0938. The molecule has 1 aliphatic heterocycles. The molecule has 0 aliphatic carbocycles. The molecule has 150 valence electrons. The summed E-state index contributed by atoms with van der Waals surface area (Å²) in [4.78, 5) is 19.2. The number of rotatable bonds is 5. The topological polar surface area (TPSA) is 80.5 Å². The van der Waals surface area contributed by atoms with Crippen molar-refractivity contribution in [1.82, 2.24) is 20.4 Å². The molecule has 0 bridgehead atoms. The molecule has 7 nitrogen and oxygen atoms in total. The molecule has 2 heterocycles. The normalized spacial score (nSPS) is 19.3. The van der Waals surface area contributed by atoms with E-state index in [1.165, 1.54) is 0 Å². The molecule has 1 fully saturated rings. The van der Waals surface area contributed by atoms with Crippen LogP contribution in [-0.4, -0.2) is 47.7 Å². The predicted octanol–water partition coefficient (Wildman–Crippen LogP) is 3.57. The van der Waals surface area contributed by atoms with E-state index in [-0.39, 0.29) is 18.0 Å². The Balaban J connectivity index is 1.42. The number of methoxy groups -OCH3 is 1. The number of carbonyl (C=O) groups is 1. The zero-order chi connectivity index (χ0) is 20.4. The lowest BCUT2D eigenvalue weighted by Gasteiger charge is -2.14. The molecule has 2 unspecified atom stereocenters. The predicted molar refractivity (Wildman–Crippen MR) is 109 cm³/mol. The fraction of sp³-hybridized carbons (Fsp3) is 0.286. The summed E-state index contributed by atoms with van der Waals surface area (Å²) in [5.74, 6) is 1.67. The lowest BCUT2D eigenvalue weighted by atomic mass is 10.1. The molecule has 0 radical (unpaired) electrons. The summed E-state index contributed by atoms with van der Waals surface area (Å²) < 4.78 is 10.6. The Bertz CT molecular complexity index is 988. The van der Waals surface area contributed by atoms with Gasteiger partial charge in [0.05, 0.1) is 13.2 Å². The third kappa shape index (κ3) is 4.26. The van der Waals surface area contributed by atoms with Gasteiger partial charge in [-0.2, -0.15) is 4.98 Å². The van der Waals surface area contributed by atoms with E-state index in [1.807, 2.05) is 19.2 Å². The molecule has 0 spiro atoms. The zero-order valence-corrected chi connectivity index (χ0v) is 16.9. The minimum absolute atomic E-state index is 0.00881. The number of nitrogens with one attached hydrogen (secondary N) is 1. The largest absolute Gasteiger partial charge is 0.497 e. The SMILES string of the molecule is COc1ccc(C(=O)NC2CC(c3nc(-c4ccc(Cl)cc4)no3)N(C)C2)cc1. The van der Waals surface area contributed by atoms with Crippen molar-refractivity contribution in [2.24, 2.45) is 0 Å². The number of aromatic nitrogens is 2. The Morgan fingerprint density at radius 3 is 2.62 bits per heavy atom. The molecule has 29 heavy (non-hydrogen) atoms. The number of halogens is 1. The van der Waals surface area contributed by atoms with E-state index < -0.39 is 0 Å². The minimum Gasteiger partial charge on any atom is -0.497 e. The van der Waals surface area contributed by atoms with Gasteiger partial charge in [0.15, 0.2) is 0 Å². The van der Waals surface area contributed by atoms with Crippen LogP contribution < -0.4 is 10.1 Å². The van der Waals surface area contributed by atoms with Gasteiger partial charge in [-0.1, -0.05) is 16.8 Å². The highest BCUT2D eigenvalue weighted by Crippen LogP contribution is 2.31. The molecule has 1 aromatic heterocycles. The van der Waals surface area contributed by atoms with Crippen LogP contribution in [0.4, 0.5) is 0 Å². The summed E-state index contributed by atoms with van der Waals surface area (Å²) in [5.41, 5.74) is 1.44. The van der Waals surface area contributed by atoms with Crippen molar-refractivity contribution in [2.45, 2.75) is 18.5 Å². The molecule has 1 amide bonds.